The Labute approximate surface area is 183 Å². The summed E-state index contributed by atoms with van der Waals surface area (Å²) < 4.78 is 5.75. The molecule has 0 saturated heterocycles. The fourth-order valence-corrected chi connectivity index (χ4v) is 4.55. The molecule has 1 aromatic heterocycles. The summed E-state index contributed by atoms with van der Waals surface area (Å²) >= 11 is 0. The maximum atomic E-state index is 5.75. The van der Waals surface area contributed by atoms with E-state index < -0.39 is 0 Å². The van der Waals surface area contributed by atoms with Crippen LogP contribution in [-0.4, -0.2) is 16.6 Å². The molecule has 164 valence electrons. The molecule has 1 heterocycles. The van der Waals surface area contributed by atoms with Gasteiger partial charge in [-0.05, 0) is 73.8 Å². The van der Waals surface area contributed by atoms with Crippen LogP contribution in [0, 0.1) is 5.92 Å². The van der Waals surface area contributed by atoms with Gasteiger partial charge >= 0.3 is 0 Å². The molecule has 0 atom stereocenters. The van der Waals surface area contributed by atoms with Gasteiger partial charge in [0.1, 0.15) is 5.75 Å². The molecule has 0 aliphatic heterocycles. The van der Waals surface area contributed by atoms with Crippen molar-refractivity contribution in [3.63, 3.8) is 0 Å². The number of benzene rings is 1. The average Bonchev–Trinajstić information content (AvgIpc) is 2.80. The molecule has 0 N–H and O–H groups in total. The fraction of sp³-hybridized carbons (Fsp3) is 0.630. The second-order valence-corrected chi connectivity index (χ2v) is 8.99. The highest BCUT2D eigenvalue weighted by Gasteiger charge is 2.22. The van der Waals surface area contributed by atoms with Gasteiger partial charge in [0.15, 0.2) is 5.82 Å². The second kappa shape index (κ2) is 12.7. The molecule has 3 rings (SSSR count). The van der Waals surface area contributed by atoms with Crippen LogP contribution in [0.4, 0.5) is 0 Å². The zero-order valence-corrected chi connectivity index (χ0v) is 19.1. The first-order valence-corrected chi connectivity index (χ1v) is 12.3. The van der Waals surface area contributed by atoms with E-state index in [9.17, 15) is 0 Å². The van der Waals surface area contributed by atoms with Crippen LogP contribution in [0.3, 0.4) is 0 Å². The van der Waals surface area contributed by atoms with E-state index >= 15 is 0 Å². The third-order valence-corrected chi connectivity index (χ3v) is 6.59. The summed E-state index contributed by atoms with van der Waals surface area (Å²) in [4.78, 5) is 9.35. The van der Waals surface area contributed by atoms with Gasteiger partial charge in [0, 0.05) is 18.0 Å². The Morgan fingerprint density at radius 2 is 1.47 bits per heavy atom. The molecule has 0 bridgehead atoms. The topological polar surface area (TPSA) is 35.0 Å². The van der Waals surface area contributed by atoms with Crippen molar-refractivity contribution < 1.29 is 4.74 Å². The van der Waals surface area contributed by atoms with Crippen molar-refractivity contribution in [1.82, 2.24) is 9.97 Å². The zero-order chi connectivity index (χ0) is 21.0. The van der Waals surface area contributed by atoms with Gasteiger partial charge in [0.2, 0.25) is 0 Å². The lowest BCUT2D eigenvalue weighted by Crippen LogP contribution is -2.14. The third-order valence-electron chi connectivity index (χ3n) is 6.59. The summed E-state index contributed by atoms with van der Waals surface area (Å²) in [5.74, 6) is 3.32. The van der Waals surface area contributed by atoms with E-state index in [1.807, 2.05) is 12.1 Å². The lowest BCUT2D eigenvalue weighted by molar-refractivity contribution is 0.301. The van der Waals surface area contributed by atoms with E-state index in [-0.39, 0.29) is 0 Å². The Bertz CT molecular complexity index is 703. The Balaban J connectivity index is 1.44. The summed E-state index contributed by atoms with van der Waals surface area (Å²) in [5, 5.41) is 0. The molecule has 0 radical (unpaired) electrons. The molecule has 1 aliphatic carbocycles. The first kappa shape index (κ1) is 22.8. The Morgan fingerprint density at radius 1 is 0.800 bits per heavy atom. The van der Waals surface area contributed by atoms with Crippen molar-refractivity contribution in [3.05, 3.63) is 42.2 Å². The number of hydrogen-bond acceptors (Lipinski definition) is 3. The molecule has 1 aromatic carbocycles. The Hall–Kier alpha value is -1.90. The fourth-order valence-electron chi connectivity index (χ4n) is 4.55. The molecule has 1 aliphatic rings. The minimum absolute atomic E-state index is 0.643. The van der Waals surface area contributed by atoms with E-state index in [1.165, 1.54) is 69.8 Å². The summed E-state index contributed by atoms with van der Waals surface area (Å²) in [6, 6.07) is 8.15. The molecular formula is C27H40N2O. The SMILES string of the molecule is CCCCCCCC1CCC(c2cnc(-c3ccc(OCCCC)cc3)nc2)CC1. The lowest BCUT2D eigenvalue weighted by Gasteiger charge is -2.28. The van der Waals surface area contributed by atoms with Crippen LogP contribution in [0.1, 0.15) is 102 Å². The van der Waals surface area contributed by atoms with E-state index in [0.29, 0.717) is 5.92 Å². The Morgan fingerprint density at radius 3 is 2.13 bits per heavy atom. The van der Waals surface area contributed by atoms with E-state index in [2.05, 4.69) is 48.3 Å². The van der Waals surface area contributed by atoms with E-state index in [1.54, 1.807) is 0 Å². The predicted molar refractivity (Wildman–Crippen MR) is 126 cm³/mol. The van der Waals surface area contributed by atoms with Crippen LogP contribution in [0.25, 0.3) is 11.4 Å². The van der Waals surface area contributed by atoms with Gasteiger partial charge in [-0.25, -0.2) is 9.97 Å². The highest BCUT2D eigenvalue weighted by molar-refractivity contribution is 5.56. The molecule has 3 heteroatoms. The predicted octanol–water partition coefficient (Wildman–Crippen LogP) is 7.96. The Kier molecular flexibility index (Phi) is 9.66. The molecule has 3 nitrogen and oxygen atoms in total. The van der Waals surface area contributed by atoms with E-state index in [4.69, 9.17) is 4.74 Å². The van der Waals surface area contributed by atoms with Gasteiger partial charge in [-0.15, -0.1) is 0 Å². The molecular weight excluding hydrogens is 368 g/mol. The van der Waals surface area contributed by atoms with Crippen LogP contribution < -0.4 is 4.74 Å². The highest BCUT2D eigenvalue weighted by Crippen LogP contribution is 2.37. The standard InChI is InChI=1S/C27H40N2O/c1-3-5-7-8-9-10-22-11-13-23(14-12-22)25-20-28-27(29-21-25)24-15-17-26(18-16-24)30-19-6-4-2/h15-18,20-23H,3-14,19H2,1-2H3. The molecule has 1 fully saturated rings. The molecule has 30 heavy (non-hydrogen) atoms. The van der Waals surface area contributed by atoms with Crippen LogP contribution in [0.5, 0.6) is 5.75 Å². The average molecular weight is 409 g/mol. The van der Waals surface area contributed by atoms with Crippen LogP contribution >= 0.6 is 0 Å². The van der Waals surface area contributed by atoms with Crippen molar-refractivity contribution in [2.24, 2.45) is 5.92 Å². The summed E-state index contributed by atoms with van der Waals surface area (Å²) in [6.07, 6.45) is 20.2. The molecule has 2 aromatic rings. The second-order valence-electron chi connectivity index (χ2n) is 8.99. The number of ether oxygens (including phenoxy) is 1. The normalized spacial score (nSPS) is 19.0. The van der Waals surface area contributed by atoms with Crippen molar-refractivity contribution in [1.29, 1.82) is 0 Å². The van der Waals surface area contributed by atoms with Gasteiger partial charge in [-0.3, -0.25) is 0 Å². The maximum absolute atomic E-state index is 5.75. The third kappa shape index (κ3) is 7.11. The van der Waals surface area contributed by atoms with Crippen molar-refractivity contribution >= 4 is 0 Å². The summed E-state index contributed by atoms with van der Waals surface area (Å²) in [6.45, 7) is 5.24. The number of unbranched alkanes of at least 4 members (excludes halogenated alkanes) is 5. The van der Waals surface area contributed by atoms with Gasteiger partial charge in [-0.2, -0.15) is 0 Å². The largest absolute Gasteiger partial charge is 0.494 e. The number of nitrogens with zero attached hydrogens (tertiary/aromatic N) is 2. The van der Waals surface area contributed by atoms with Crippen LogP contribution in [0.15, 0.2) is 36.7 Å². The van der Waals surface area contributed by atoms with Gasteiger partial charge < -0.3 is 4.74 Å². The van der Waals surface area contributed by atoms with Crippen LogP contribution in [0.2, 0.25) is 0 Å². The number of aromatic nitrogens is 2. The maximum Gasteiger partial charge on any atom is 0.159 e. The first-order valence-electron chi connectivity index (χ1n) is 12.3. The van der Waals surface area contributed by atoms with Crippen molar-refractivity contribution in [3.8, 4) is 17.1 Å². The van der Waals surface area contributed by atoms with Crippen molar-refractivity contribution in [2.45, 2.75) is 96.8 Å². The molecule has 1 saturated carbocycles. The van der Waals surface area contributed by atoms with Crippen LogP contribution in [-0.2, 0) is 0 Å². The summed E-state index contributed by atoms with van der Waals surface area (Å²) in [5.41, 5.74) is 2.37. The van der Waals surface area contributed by atoms with E-state index in [0.717, 1.165) is 42.5 Å². The van der Waals surface area contributed by atoms with Gasteiger partial charge in [0.25, 0.3) is 0 Å². The minimum Gasteiger partial charge on any atom is -0.494 e. The zero-order valence-electron chi connectivity index (χ0n) is 19.1. The van der Waals surface area contributed by atoms with Gasteiger partial charge in [-0.1, -0.05) is 58.8 Å². The molecule has 0 amide bonds. The van der Waals surface area contributed by atoms with Gasteiger partial charge in [0.05, 0.1) is 6.61 Å². The number of rotatable bonds is 12. The minimum atomic E-state index is 0.643. The monoisotopic (exact) mass is 408 g/mol. The summed E-state index contributed by atoms with van der Waals surface area (Å²) in [7, 11) is 0. The number of hydrogen-bond donors (Lipinski definition) is 0. The lowest BCUT2D eigenvalue weighted by atomic mass is 9.77. The smallest absolute Gasteiger partial charge is 0.159 e. The highest BCUT2D eigenvalue weighted by atomic mass is 16.5. The van der Waals surface area contributed by atoms with Crippen molar-refractivity contribution in [2.75, 3.05) is 6.61 Å². The first-order chi connectivity index (χ1) is 14.8. The molecule has 0 unspecified atom stereocenters. The quantitative estimate of drug-likeness (QED) is 0.334. The molecule has 0 spiro atoms.